The number of benzene rings is 1. The fourth-order valence-electron chi connectivity index (χ4n) is 1.93. The molecule has 0 radical (unpaired) electrons. The Balaban J connectivity index is 2.40. The third-order valence-electron chi connectivity index (χ3n) is 3.07. The maximum Gasteiger partial charge on any atom is 0.157 e. The van der Waals surface area contributed by atoms with E-state index in [1.165, 1.54) is 6.07 Å². The molecule has 1 aromatic heterocycles. The second-order valence-corrected chi connectivity index (χ2v) is 4.88. The molecule has 112 valence electrons. The van der Waals surface area contributed by atoms with Gasteiger partial charge in [-0.2, -0.15) is 0 Å². The minimum absolute atomic E-state index is 0.234. The van der Waals surface area contributed by atoms with E-state index in [-0.39, 0.29) is 5.82 Å². The summed E-state index contributed by atoms with van der Waals surface area (Å²) in [6.45, 7) is 4.97. The van der Waals surface area contributed by atoms with Crippen molar-refractivity contribution in [1.29, 1.82) is 0 Å². The second-order valence-electron chi connectivity index (χ2n) is 4.88. The van der Waals surface area contributed by atoms with E-state index in [2.05, 4.69) is 22.2 Å². The van der Waals surface area contributed by atoms with Gasteiger partial charge >= 0.3 is 0 Å². The Morgan fingerprint density at radius 1 is 1.24 bits per heavy atom. The van der Waals surface area contributed by atoms with Crippen molar-refractivity contribution in [2.75, 3.05) is 19.0 Å². The number of rotatable bonds is 6. The topological polar surface area (TPSA) is 47.0 Å². The van der Waals surface area contributed by atoms with Gasteiger partial charge < -0.3 is 10.1 Å². The lowest BCUT2D eigenvalue weighted by Crippen LogP contribution is -2.06. The molecule has 0 saturated heterocycles. The van der Waals surface area contributed by atoms with Gasteiger partial charge in [-0.25, -0.2) is 14.4 Å². The second kappa shape index (κ2) is 7.13. The van der Waals surface area contributed by atoms with Crippen LogP contribution in [0.15, 0.2) is 24.3 Å². The number of ether oxygens (including phenoxy) is 1. The molecule has 0 atom stereocenters. The Labute approximate surface area is 124 Å². The van der Waals surface area contributed by atoms with Crippen molar-refractivity contribution in [3.63, 3.8) is 0 Å². The SMILES string of the molecule is CCCNc1cc(-c2ccc(C)c(F)c2)nc(COC)n1. The van der Waals surface area contributed by atoms with Crippen LogP contribution in [0.2, 0.25) is 0 Å². The van der Waals surface area contributed by atoms with E-state index in [9.17, 15) is 4.39 Å². The molecule has 0 aliphatic rings. The first-order valence-corrected chi connectivity index (χ1v) is 7.01. The Morgan fingerprint density at radius 3 is 2.71 bits per heavy atom. The van der Waals surface area contributed by atoms with E-state index in [1.807, 2.05) is 12.1 Å². The number of nitrogens with zero attached hydrogens (tertiary/aromatic N) is 2. The Hall–Kier alpha value is -2.01. The fourth-order valence-corrected chi connectivity index (χ4v) is 1.93. The summed E-state index contributed by atoms with van der Waals surface area (Å²) < 4.78 is 18.8. The molecule has 0 aliphatic carbocycles. The summed E-state index contributed by atoms with van der Waals surface area (Å²) >= 11 is 0. The molecule has 2 rings (SSSR count). The van der Waals surface area contributed by atoms with Gasteiger partial charge in [0.25, 0.3) is 0 Å². The van der Waals surface area contributed by atoms with Gasteiger partial charge in [0.2, 0.25) is 0 Å². The molecular weight excluding hydrogens is 269 g/mol. The van der Waals surface area contributed by atoms with Crippen LogP contribution in [-0.2, 0) is 11.3 Å². The largest absolute Gasteiger partial charge is 0.377 e. The third-order valence-corrected chi connectivity index (χ3v) is 3.07. The van der Waals surface area contributed by atoms with E-state index >= 15 is 0 Å². The standard InChI is InChI=1S/C16H20FN3O/c1-4-7-18-15-9-14(19-16(20-15)10-21-3)12-6-5-11(2)13(17)8-12/h5-6,8-9H,4,7,10H2,1-3H3,(H,18,19,20). The molecule has 0 amide bonds. The van der Waals surface area contributed by atoms with Gasteiger partial charge in [0.15, 0.2) is 5.82 Å². The quantitative estimate of drug-likeness (QED) is 0.883. The Kier molecular flexibility index (Phi) is 5.22. The predicted molar refractivity (Wildman–Crippen MR) is 81.7 cm³/mol. The third kappa shape index (κ3) is 3.98. The van der Waals surface area contributed by atoms with Crippen LogP contribution in [0.1, 0.15) is 24.7 Å². The number of hydrogen-bond donors (Lipinski definition) is 1. The number of methoxy groups -OCH3 is 1. The highest BCUT2D eigenvalue weighted by Gasteiger charge is 2.08. The van der Waals surface area contributed by atoms with Gasteiger partial charge in [-0.1, -0.05) is 19.1 Å². The normalized spacial score (nSPS) is 10.7. The number of anilines is 1. The van der Waals surface area contributed by atoms with Crippen molar-refractivity contribution >= 4 is 5.82 Å². The molecular formula is C16H20FN3O. The maximum atomic E-state index is 13.7. The summed E-state index contributed by atoms with van der Waals surface area (Å²) in [7, 11) is 1.60. The first kappa shape index (κ1) is 15.4. The zero-order valence-corrected chi connectivity index (χ0v) is 12.6. The molecule has 2 aromatic rings. The monoisotopic (exact) mass is 289 g/mol. The molecule has 4 nitrogen and oxygen atoms in total. The maximum absolute atomic E-state index is 13.7. The Morgan fingerprint density at radius 2 is 2.05 bits per heavy atom. The minimum atomic E-state index is -0.234. The van der Waals surface area contributed by atoms with Gasteiger partial charge in [0, 0.05) is 25.3 Å². The molecule has 0 aliphatic heterocycles. The number of aryl methyl sites for hydroxylation is 1. The summed E-state index contributed by atoms with van der Waals surface area (Å²) in [6, 6.07) is 6.94. The van der Waals surface area contributed by atoms with Crippen LogP contribution in [0.5, 0.6) is 0 Å². The first-order valence-electron chi connectivity index (χ1n) is 7.01. The average molecular weight is 289 g/mol. The van der Waals surface area contributed by atoms with E-state index in [0.717, 1.165) is 24.3 Å². The number of nitrogens with one attached hydrogen (secondary N) is 1. The van der Waals surface area contributed by atoms with E-state index in [0.29, 0.717) is 23.7 Å². The van der Waals surface area contributed by atoms with Crippen LogP contribution in [-0.4, -0.2) is 23.6 Å². The highest BCUT2D eigenvalue weighted by Crippen LogP contribution is 2.22. The van der Waals surface area contributed by atoms with Gasteiger partial charge in [0.05, 0.1) is 5.69 Å². The predicted octanol–water partition coefficient (Wildman–Crippen LogP) is 3.56. The summed E-state index contributed by atoms with van der Waals surface area (Å²) in [5, 5.41) is 3.23. The van der Waals surface area contributed by atoms with Crippen LogP contribution in [0, 0.1) is 12.7 Å². The molecule has 0 saturated carbocycles. The summed E-state index contributed by atoms with van der Waals surface area (Å²) in [5.41, 5.74) is 2.04. The summed E-state index contributed by atoms with van der Waals surface area (Å²) in [4.78, 5) is 8.81. The van der Waals surface area contributed by atoms with E-state index in [1.54, 1.807) is 20.1 Å². The van der Waals surface area contributed by atoms with Crippen molar-refractivity contribution in [3.8, 4) is 11.3 Å². The van der Waals surface area contributed by atoms with Crippen molar-refractivity contribution < 1.29 is 9.13 Å². The number of hydrogen-bond acceptors (Lipinski definition) is 4. The molecule has 0 fully saturated rings. The van der Waals surface area contributed by atoms with Crippen molar-refractivity contribution in [3.05, 3.63) is 41.5 Å². The van der Waals surface area contributed by atoms with Crippen LogP contribution >= 0.6 is 0 Å². The Bertz CT molecular complexity index is 616. The molecule has 0 bridgehead atoms. The fraction of sp³-hybridized carbons (Fsp3) is 0.375. The zero-order valence-electron chi connectivity index (χ0n) is 12.6. The lowest BCUT2D eigenvalue weighted by Gasteiger charge is -2.10. The summed E-state index contributed by atoms with van der Waals surface area (Å²) in [6.07, 6.45) is 0.998. The van der Waals surface area contributed by atoms with Gasteiger partial charge in [-0.15, -0.1) is 0 Å². The molecule has 1 aromatic carbocycles. The first-order chi connectivity index (χ1) is 10.1. The molecule has 5 heteroatoms. The van der Waals surface area contributed by atoms with Gasteiger partial charge in [-0.3, -0.25) is 0 Å². The molecule has 1 N–H and O–H groups in total. The number of halogens is 1. The molecule has 1 heterocycles. The van der Waals surface area contributed by atoms with Gasteiger partial charge in [-0.05, 0) is 25.0 Å². The lowest BCUT2D eigenvalue weighted by molar-refractivity contribution is 0.178. The van der Waals surface area contributed by atoms with E-state index < -0.39 is 0 Å². The van der Waals surface area contributed by atoms with Crippen LogP contribution in [0.4, 0.5) is 10.2 Å². The van der Waals surface area contributed by atoms with E-state index in [4.69, 9.17) is 4.74 Å². The number of aromatic nitrogens is 2. The van der Waals surface area contributed by atoms with Crippen LogP contribution < -0.4 is 5.32 Å². The highest BCUT2D eigenvalue weighted by molar-refractivity contribution is 5.63. The highest BCUT2D eigenvalue weighted by atomic mass is 19.1. The minimum Gasteiger partial charge on any atom is -0.377 e. The smallest absolute Gasteiger partial charge is 0.157 e. The molecule has 0 unspecified atom stereocenters. The van der Waals surface area contributed by atoms with Crippen molar-refractivity contribution in [1.82, 2.24) is 9.97 Å². The lowest BCUT2D eigenvalue weighted by atomic mass is 10.1. The molecule has 21 heavy (non-hydrogen) atoms. The van der Waals surface area contributed by atoms with Crippen LogP contribution in [0.25, 0.3) is 11.3 Å². The van der Waals surface area contributed by atoms with Crippen molar-refractivity contribution in [2.24, 2.45) is 0 Å². The average Bonchev–Trinajstić information content (AvgIpc) is 2.48. The van der Waals surface area contributed by atoms with Gasteiger partial charge in [0.1, 0.15) is 18.2 Å². The summed E-state index contributed by atoms with van der Waals surface area (Å²) in [5.74, 6) is 1.08. The molecule has 0 spiro atoms. The van der Waals surface area contributed by atoms with Crippen LogP contribution in [0.3, 0.4) is 0 Å². The zero-order chi connectivity index (χ0) is 15.2. The van der Waals surface area contributed by atoms with Crippen molar-refractivity contribution in [2.45, 2.75) is 26.9 Å².